The summed E-state index contributed by atoms with van der Waals surface area (Å²) in [6.45, 7) is 0.220. The maximum atomic E-state index is 10.8. The highest BCUT2D eigenvalue weighted by molar-refractivity contribution is 5.63. The van der Waals surface area contributed by atoms with Gasteiger partial charge in [-0.3, -0.25) is 14.5 Å². The van der Waals surface area contributed by atoms with E-state index in [9.17, 15) is 10.1 Å². The average molecular weight is 293 g/mol. The highest BCUT2D eigenvalue weighted by atomic mass is 16.6. The molecule has 0 unspecified atom stereocenters. The first kappa shape index (κ1) is 13.6. The molecule has 0 saturated heterocycles. The second-order valence-electron chi connectivity index (χ2n) is 4.55. The molecule has 3 rings (SSSR count). The van der Waals surface area contributed by atoms with Crippen LogP contribution in [0.15, 0.2) is 48.8 Å². The summed E-state index contributed by atoms with van der Waals surface area (Å²) in [5.74, 6) is 3.08. The Balaban J connectivity index is 1.93. The number of terminal acetylenes is 1. The smallest absolute Gasteiger partial charge is 0.286 e. The molecule has 0 atom stereocenters. The highest BCUT2D eigenvalue weighted by Gasteiger charge is 2.09. The molecule has 0 aliphatic carbocycles. The van der Waals surface area contributed by atoms with Gasteiger partial charge >= 0.3 is 0 Å². The van der Waals surface area contributed by atoms with Gasteiger partial charge in [0.1, 0.15) is 18.0 Å². The fourth-order valence-corrected chi connectivity index (χ4v) is 2.07. The number of imidazole rings is 1. The van der Waals surface area contributed by atoms with Crippen molar-refractivity contribution in [2.45, 2.75) is 0 Å². The van der Waals surface area contributed by atoms with Gasteiger partial charge in [0.2, 0.25) is 0 Å². The molecule has 0 aliphatic heterocycles. The van der Waals surface area contributed by atoms with Gasteiger partial charge in [0.05, 0.1) is 16.8 Å². The van der Waals surface area contributed by atoms with Crippen LogP contribution >= 0.6 is 0 Å². The lowest BCUT2D eigenvalue weighted by molar-refractivity contribution is -0.385. The molecule has 1 aromatic carbocycles. The van der Waals surface area contributed by atoms with E-state index >= 15 is 0 Å². The molecular formula is C16H11N3O3. The molecule has 22 heavy (non-hydrogen) atoms. The predicted molar refractivity (Wildman–Crippen MR) is 81.6 cm³/mol. The van der Waals surface area contributed by atoms with Crippen LogP contribution in [0.3, 0.4) is 0 Å². The SMILES string of the molecule is C#CCOc1ccc(-c2cn3cc([N+](=O)[O-])ccc3n2)cc1. The lowest BCUT2D eigenvalue weighted by Gasteiger charge is -2.02. The van der Waals surface area contributed by atoms with Gasteiger partial charge in [-0.2, -0.15) is 0 Å². The van der Waals surface area contributed by atoms with Crippen molar-refractivity contribution < 1.29 is 9.66 Å². The van der Waals surface area contributed by atoms with E-state index in [4.69, 9.17) is 11.2 Å². The van der Waals surface area contributed by atoms with Crippen LogP contribution < -0.4 is 4.74 Å². The van der Waals surface area contributed by atoms with E-state index in [1.54, 1.807) is 28.8 Å². The quantitative estimate of drug-likeness (QED) is 0.421. The van der Waals surface area contributed by atoms with E-state index in [-0.39, 0.29) is 12.3 Å². The van der Waals surface area contributed by atoms with Crippen molar-refractivity contribution in [2.24, 2.45) is 0 Å². The zero-order valence-electron chi connectivity index (χ0n) is 11.5. The number of aromatic nitrogens is 2. The summed E-state index contributed by atoms with van der Waals surface area (Å²) in [6, 6.07) is 10.4. The Morgan fingerprint density at radius 2 is 2.00 bits per heavy atom. The van der Waals surface area contributed by atoms with E-state index in [1.165, 1.54) is 12.3 Å². The highest BCUT2D eigenvalue weighted by Crippen LogP contribution is 2.23. The van der Waals surface area contributed by atoms with Crippen molar-refractivity contribution in [3.8, 4) is 29.4 Å². The zero-order chi connectivity index (χ0) is 15.5. The van der Waals surface area contributed by atoms with Crippen LogP contribution in [0.25, 0.3) is 16.9 Å². The molecule has 3 aromatic rings. The molecule has 0 N–H and O–H groups in total. The fraction of sp³-hybridized carbons (Fsp3) is 0.0625. The monoisotopic (exact) mass is 293 g/mol. The van der Waals surface area contributed by atoms with Crippen molar-refractivity contribution in [1.29, 1.82) is 0 Å². The van der Waals surface area contributed by atoms with Gasteiger partial charge in [-0.1, -0.05) is 5.92 Å². The van der Waals surface area contributed by atoms with E-state index in [1.807, 2.05) is 12.1 Å². The topological polar surface area (TPSA) is 69.7 Å². The molecule has 2 aromatic heterocycles. The summed E-state index contributed by atoms with van der Waals surface area (Å²) < 4.78 is 6.95. The summed E-state index contributed by atoms with van der Waals surface area (Å²) in [7, 11) is 0. The van der Waals surface area contributed by atoms with Crippen LogP contribution in [0.4, 0.5) is 5.69 Å². The van der Waals surface area contributed by atoms with E-state index in [2.05, 4.69) is 10.9 Å². The maximum absolute atomic E-state index is 10.8. The molecule has 6 nitrogen and oxygen atoms in total. The Labute approximate surface area is 126 Å². The molecule has 0 aliphatic rings. The Morgan fingerprint density at radius 1 is 1.23 bits per heavy atom. The second kappa shape index (κ2) is 5.58. The molecule has 0 saturated carbocycles. The molecule has 0 amide bonds. The largest absolute Gasteiger partial charge is 0.481 e. The van der Waals surface area contributed by atoms with E-state index < -0.39 is 4.92 Å². The van der Waals surface area contributed by atoms with Crippen molar-refractivity contribution >= 4 is 11.3 Å². The molecular weight excluding hydrogens is 282 g/mol. The van der Waals surface area contributed by atoms with Gasteiger partial charge in [-0.05, 0) is 30.3 Å². The number of nitrogens with zero attached hydrogens (tertiary/aromatic N) is 3. The molecule has 108 valence electrons. The van der Waals surface area contributed by atoms with E-state index in [0.717, 1.165) is 11.3 Å². The van der Waals surface area contributed by atoms with Crippen LogP contribution in [0.1, 0.15) is 0 Å². The molecule has 6 heteroatoms. The normalized spacial score (nSPS) is 10.3. The van der Waals surface area contributed by atoms with Gasteiger partial charge in [0.25, 0.3) is 5.69 Å². The number of benzene rings is 1. The van der Waals surface area contributed by atoms with E-state index in [0.29, 0.717) is 11.4 Å². The first-order chi connectivity index (χ1) is 10.7. The molecule has 0 fully saturated rings. The Morgan fingerprint density at radius 3 is 2.68 bits per heavy atom. The molecule has 0 spiro atoms. The van der Waals surface area contributed by atoms with Crippen molar-refractivity contribution in [3.63, 3.8) is 0 Å². The predicted octanol–water partition coefficient (Wildman–Crippen LogP) is 2.92. The van der Waals surface area contributed by atoms with Crippen LogP contribution in [0.2, 0.25) is 0 Å². The summed E-state index contributed by atoms with van der Waals surface area (Å²) in [5, 5.41) is 10.8. The lowest BCUT2D eigenvalue weighted by Crippen LogP contribution is -1.92. The number of ether oxygens (including phenoxy) is 1. The third-order valence-corrected chi connectivity index (χ3v) is 3.12. The summed E-state index contributed by atoms with van der Waals surface area (Å²) in [5.41, 5.74) is 2.28. The molecule has 0 radical (unpaired) electrons. The summed E-state index contributed by atoms with van der Waals surface area (Å²) >= 11 is 0. The standard InChI is InChI=1S/C16H11N3O3/c1-2-9-22-14-6-3-12(4-7-14)15-11-18-10-13(19(20)21)5-8-16(18)17-15/h1,3-8,10-11H,9H2. The fourth-order valence-electron chi connectivity index (χ4n) is 2.07. The van der Waals surface area contributed by atoms with Crippen LogP contribution in [0, 0.1) is 22.5 Å². The number of rotatable bonds is 4. The molecule has 0 bridgehead atoms. The zero-order valence-corrected chi connectivity index (χ0v) is 11.5. The minimum Gasteiger partial charge on any atom is -0.481 e. The number of nitro groups is 1. The Kier molecular flexibility index (Phi) is 3.46. The third-order valence-electron chi connectivity index (χ3n) is 3.12. The Bertz CT molecular complexity index is 876. The van der Waals surface area contributed by atoms with Crippen molar-refractivity contribution in [2.75, 3.05) is 6.61 Å². The van der Waals surface area contributed by atoms with Crippen LogP contribution in [-0.4, -0.2) is 20.9 Å². The third kappa shape index (κ3) is 2.60. The van der Waals surface area contributed by atoms with Gasteiger partial charge in [-0.25, -0.2) is 4.98 Å². The Hall–Kier alpha value is -3.33. The number of pyridine rings is 1. The summed E-state index contributed by atoms with van der Waals surface area (Å²) in [4.78, 5) is 14.8. The minimum absolute atomic E-state index is 0.0227. The van der Waals surface area contributed by atoms with Gasteiger partial charge in [0, 0.05) is 17.8 Å². The number of fused-ring (bicyclic) bond motifs is 1. The first-order valence-corrected chi connectivity index (χ1v) is 6.47. The minimum atomic E-state index is -0.434. The maximum Gasteiger partial charge on any atom is 0.286 e. The van der Waals surface area contributed by atoms with Gasteiger partial charge in [-0.15, -0.1) is 6.42 Å². The molecule has 2 heterocycles. The number of hydrogen-bond donors (Lipinski definition) is 0. The van der Waals surface area contributed by atoms with Crippen molar-refractivity contribution in [3.05, 3.63) is 58.9 Å². The van der Waals surface area contributed by atoms with Gasteiger partial charge in [0.15, 0.2) is 0 Å². The van der Waals surface area contributed by atoms with Crippen LogP contribution in [-0.2, 0) is 0 Å². The first-order valence-electron chi connectivity index (χ1n) is 6.47. The van der Waals surface area contributed by atoms with Gasteiger partial charge < -0.3 is 4.74 Å². The second-order valence-corrected chi connectivity index (χ2v) is 4.55. The van der Waals surface area contributed by atoms with Crippen molar-refractivity contribution in [1.82, 2.24) is 9.38 Å². The van der Waals surface area contributed by atoms with Crippen LogP contribution in [0.5, 0.6) is 5.75 Å². The average Bonchev–Trinajstić information content (AvgIpc) is 2.96. The lowest BCUT2D eigenvalue weighted by atomic mass is 10.2. The number of hydrogen-bond acceptors (Lipinski definition) is 4. The summed E-state index contributed by atoms with van der Waals surface area (Å²) in [6.07, 6.45) is 8.33.